The van der Waals surface area contributed by atoms with Crippen molar-refractivity contribution in [2.45, 2.75) is 27.2 Å². The van der Waals surface area contributed by atoms with Crippen LogP contribution in [0.5, 0.6) is 11.5 Å². The smallest absolute Gasteiger partial charge is 0.309 e. The van der Waals surface area contributed by atoms with E-state index in [1.165, 1.54) is 0 Å². The van der Waals surface area contributed by atoms with Crippen molar-refractivity contribution in [2.24, 2.45) is 5.41 Å². The summed E-state index contributed by atoms with van der Waals surface area (Å²) in [6.45, 7) is 6.22. The second-order valence-electron chi connectivity index (χ2n) is 5.38. The van der Waals surface area contributed by atoms with Crippen LogP contribution in [0, 0.1) is 12.3 Å². The van der Waals surface area contributed by atoms with E-state index in [1.54, 1.807) is 13.8 Å². The first-order valence-corrected chi connectivity index (χ1v) is 6.51. The average Bonchev–Trinajstić information content (AvgIpc) is 2.34. The van der Waals surface area contributed by atoms with Crippen molar-refractivity contribution in [1.82, 2.24) is 0 Å². The molecule has 1 aliphatic heterocycles. The Morgan fingerprint density at radius 2 is 2.05 bits per heavy atom. The average molecular weight is 285 g/mol. The molecule has 0 atom stereocenters. The van der Waals surface area contributed by atoms with Crippen LogP contribution in [0.1, 0.15) is 25.0 Å². The van der Waals surface area contributed by atoms with Crippen LogP contribution in [0.15, 0.2) is 6.07 Å². The number of rotatable bonds is 3. The number of hydrogen-bond acceptors (Lipinski definition) is 3. The van der Waals surface area contributed by atoms with E-state index in [0.29, 0.717) is 36.2 Å². The van der Waals surface area contributed by atoms with Gasteiger partial charge in [-0.15, -0.1) is 0 Å². The predicted octanol–water partition coefficient (Wildman–Crippen LogP) is 3.07. The molecule has 0 spiro atoms. The van der Waals surface area contributed by atoms with E-state index in [4.69, 9.17) is 21.1 Å². The van der Waals surface area contributed by atoms with Gasteiger partial charge in [0.15, 0.2) is 11.5 Å². The minimum Gasteiger partial charge on any atom is -0.486 e. The minimum atomic E-state index is -0.877. The van der Waals surface area contributed by atoms with Gasteiger partial charge < -0.3 is 14.6 Å². The largest absolute Gasteiger partial charge is 0.486 e. The maximum absolute atomic E-state index is 11.2. The van der Waals surface area contributed by atoms with E-state index in [9.17, 15) is 9.90 Å². The zero-order chi connectivity index (χ0) is 14.2. The molecular weight excluding hydrogens is 268 g/mol. The number of carboxylic acids is 1. The van der Waals surface area contributed by atoms with Gasteiger partial charge in [0.25, 0.3) is 0 Å². The lowest BCUT2D eigenvalue weighted by atomic mass is 9.84. The van der Waals surface area contributed by atoms with Gasteiger partial charge in [0.05, 0.1) is 10.4 Å². The molecule has 1 heterocycles. The fraction of sp³-hybridized carbons (Fsp3) is 0.500. The Morgan fingerprint density at radius 1 is 1.42 bits per heavy atom. The molecule has 0 saturated carbocycles. The number of benzene rings is 1. The highest BCUT2D eigenvalue weighted by atomic mass is 35.5. The second kappa shape index (κ2) is 4.93. The summed E-state index contributed by atoms with van der Waals surface area (Å²) in [5, 5.41) is 9.69. The number of aryl methyl sites for hydroxylation is 1. The van der Waals surface area contributed by atoms with Crippen molar-refractivity contribution in [3.05, 3.63) is 22.2 Å². The lowest BCUT2D eigenvalue weighted by Gasteiger charge is -2.25. The summed E-state index contributed by atoms with van der Waals surface area (Å²) >= 11 is 6.34. The molecule has 5 heteroatoms. The molecular formula is C14H17ClO4. The molecule has 19 heavy (non-hydrogen) atoms. The molecule has 0 bridgehead atoms. The van der Waals surface area contributed by atoms with Gasteiger partial charge in [-0.1, -0.05) is 11.6 Å². The fourth-order valence-electron chi connectivity index (χ4n) is 2.04. The van der Waals surface area contributed by atoms with Crippen LogP contribution in [0.25, 0.3) is 0 Å². The van der Waals surface area contributed by atoms with Crippen LogP contribution in [0.3, 0.4) is 0 Å². The summed E-state index contributed by atoms with van der Waals surface area (Å²) in [5.74, 6) is 0.304. The molecule has 0 fully saturated rings. The zero-order valence-corrected chi connectivity index (χ0v) is 12.0. The maximum Gasteiger partial charge on any atom is 0.309 e. The van der Waals surface area contributed by atoms with Crippen molar-refractivity contribution in [3.63, 3.8) is 0 Å². The SMILES string of the molecule is Cc1cc2c(c(Cl)c1CC(C)(C)C(=O)O)OCCO2. The van der Waals surface area contributed by atoms with E-state index in [-0.39, 0.29) is 0 Å². The Hall–Kier alpha value is -1.42. The quantitative estimate of drug-likeness (QED) is 0.927. The third-order valence-corrected chi connectivity index (χ3v) is 3.70. The van der Waals surface area contributed by atoms with Crippen molar-refractivity contribution in [1.29, 1.82) is 0 Å². The van der Waals surface area contributed by atoms with Crippen molar-refractivity contribution < 1.29 is 19.4 Å². The third kappa shape index (κ3) is 2.63. The summed E-state index contributed by atoms with van der Waals surface area (Å²) in [5.41, 5.74) is 0.847. The molecule has 0 saturated heterocycles. The fourth-order valence-corrected chi connectivity index (χ4v) is 2.40. The minimum absolute atomic E-state index is 0.351. The Kier molecular flexibility index (Phi) is 3.63. The van der Waals surface area contributed by atoms with Gasteiger partial charge in [0.2, 0.25) is 0 Å². The van der Waals surface area contributed by atoms with Crippen LogP contribution >= 0.6 is 11.6 Å². The monoisotopic (exact) mass is 284 g/mol. The Labute approximate surface area is 117 Å². The van der Waals surface area contributed by atoms with Crippen LogP contribution in [0.4, 0.5) is 0 Å². The molecule has 1 aromatic rings. The number of carbonyl (C=O) groups is 1. The molecule has 4 nitrogen and oxygen atoms in total. The molecule has 1 N–H and O–H groups in total. The van der Waals surface area contributed by atoms with Crippen molar-refractivity contribution >= 4 is 17.6 Å². The summed E-state index contributed by atoms with van der Waals surface area (Å²) in [4.78, 5) is 11.2. The topological polar surface area (TPSA) is 55.8 Å². The highest BCUT2D eigenvalue weighted by molar-refractivity contribution is 6.33. The highest BCUT2D eigenvalue weighted by Crippen LogP contribution is 2.43. The van der Waals surface area contributed by atoms with Gasteiger partial charge in [-0.2, -0.15) is 0 Å². The van der Waals surface area contributed by atoms with Gasteiger partial charge in [-0.3, -0.25) is 4.79 Å². The summed E-state index contributed by atoms with van der Waals surface area (Å²) in [6.07, 6.45) is 0.351. The number of aliphatic carboxylic acids is 1. The van der Waals surface area contributed by atoms with Crippen molar-refractivity contribution in [3.8, 4) is 11.5 Å². The standard InChI is InChI=1S/C14H17ClO4/c1-8-6-10-12(19-5-4-18-10)11(15)9(8)7-14(2,3)13(16)17/h6H,4-5,7H2,1-3H3,(H,16,17). The van der Waals surface area contributed by atoms with Gasteiger partial charge >= 0.3 is 5.97 Å². The molecule has 0 amide bonds. The van der Waals surface area contributed by atoms with Crippen LogP contribution < -0.4 is 9.47 Å². The Bertz CT molecular complexity index is 523. The van der Waals surface area contributed by atoms with E-state index in [2.05, 4.69) is 0 Å². The van der Waals surface area contributed by atoms with Gasteiger partial charge in [-0.25, -0.2) is 0 Å². The lowest BCUT2D eigenvalue weighted by molar-refractivity contribution is -0.146. The Morgan fingerprint density at radius 3 is 2.68 bits per heavy atom. The molecule has 0 unspecified atom stereocenters. The molecule has 2 rings (SSSR count). The molecule has 0 aliphatic carbocycles. The molecule has 1 aliphatic rings. The van der Waals surface area contributed by atoms with E-state index < -0.39 is 11.4 Å². The molecule has 104 valence electrons. The van der Waals surface area contributed by atoms with Crippen molar-refractivity contribution in [2.75, 3.05) is 13.2 Å². The first-order valence-electron chi connectivity index (χ1n) is 6.14. The first-order chi connectivity index (χ1) is 8.83. The number of ether oxygens (including phenoxy) is 2. The van der Waals surface area contributed by atoms with Crippen LogP contribution in [-0.4, -0.2) is 24.3 Å². The number of carboxylic acid groups (broad SMARTS) is 1. The van der Waals surface area contributed by atoms with Gasteiger partial charge in [0.1, 0.15) is 13.2 Å². The number of fused-ring (bicyclic) bond motifs is 1. The highest BCUT2D eigenvalue weighted by Gasteiger charge is 2.31. The lowest BCUT2D eigenvalue weighted by Crippen LogP contribution is -2.27. The maximum atomic E-state index is 11.2. The van der Waals surface area contributed by atoms with E-state index in [0.717, 1.165) is 11.1 Å². The van der Waals surface area contributed by atoms with Crippen LogP contribution in [0.2, 0.25) is 5.02 Å². The van der Waals surface area contributed by atoms with Crippen LogP contribution in [-0.2, 0) is 11.2 Å². The normalized spacial score (nSPS) is 14.3. The number of halogens is 1. The van der Waals surface area contributed by atoms with E-state index >= 15 is 0 Å². The second-order valence-corrected chi connectivity index (χ2v) is 5.75. The number of hydrogen-bond donors (Lipinski definition) is 1. The van der Waals surface area contributed by atoms with Gasteiger partial charge in [0, 0.05) is 0 Å². The summed E-state index contributed by atoms with van der Waals surface area (Å²) in [7, 11) is 0. The molecule has 1 aromatic carbocycles. The zero-order valence-electron chi connectivity index (χ0n) is 11.2. The third-order valence-electron chi connectivity index (χ3n) is 3.30. The molecule has 0 radical (unpaired) electrons. The van der Waals surface area contributed by atoms with Gasteiger partial charge in [-0.05, 0) is 44.4 Å². The summed E-state index contributed by atoms with van der Waals surface area (Å²) < 4.78 is 11.0. The Balaban J connectivity index is 2.44. The predicted molar refractivity (Wildman–Crippen MR) is 72.3 cm³/mol. The first kappa shape index (κ1) is 14.0. The van der Waals surface area contributed by atoms with E-state index in [1.807, 2.05) is 13.0 Å². The molecule has 0 aromatic heterocycles. The summed E-state index contributed by atoms with van der Waals surface area (Å²) in [6, 6.07) is 1.85.